The molecule has 2 aromatic rings. The molecule has 0 saturated carbocycles. The van der Waals surface area contributed by atoms with Crippen LogP contribution in [0.2, 0.25) is 5.02 Å². The Morgan fingerprint density at radius 1 is 1.27 bits per heavy atom. The minimum Gasteiger partial charge on any atom is -0.496 e. The summed E-state index contributed by atoms with van der Waals surface area (Å²) >= 11 is 6.01. The number of anilines is 2. The molecule has 3 N–H and O–H groups in total. The van der Waals surface area contributed by atoms with Crippen molar-refractivity contribution in [3.8, 4) is 5.75 Å². The summed E-state index contributed by atoms with van der Waals surface area (Å²) in [5.41, 5.74) is 7.58. The lowest BCUT2D eigenvalue weighted by Crippen LogP contribution is -2.40. The van der Waals surface area contributed by atoms with Gasteiger partial charge in [-0.2, -0.15) is 0 Å². The molecule has 2 rings (SSSR count). The summed E-state index contributed by atoms with van der Waals surface area (Å²) in [6.45, 7) is 2.52. The number of carbonyl (C=O) groups excluding carboxylic acids is 1. The summed E-state index contributed by atoms with van der Waals surface area (Å²) in [4.78, 5) is 14.5. The lowest BCUT2D eigenvalue weighted by atomic mass is 10.1. The molecule has 0 spiro atoms. The number of carbonyl (C=O) groups is 1. The number of rotatable bonds is 6. The highest BCUT2D eigenvalue weighted by atomic mass is 35.5. The molecule has 0 heterocycles. The Bertz CT molecular complexity index is 714. The number of amides is 1. The molecule has 1 atom stereocenters. The van der Waals surface area contributed by atoms with E-state index in [1.54, 1.807) is 6.07 Å². The van der Waals surface area contributed by atoms with E-state index in [-0.39, 0.29) is 36.8 Å². The van der Waals surface area contributed by atoms with Crippen molar-refractivity contribution in [2.24, 2.45) is 0 Å². The summed E-state index contributed by atoms with van der Waals surface area (Å²) < 4.78 is 5.22. The van der Waals surface area contributed by atoms with Gasteiger partial charge in [-0.05, 0) is 25.1 Å². The molecule has 0 fully saturated rings. The van der Waals surface area contributed by atoms with Crippen LogP contribution in [0.3, 0.4) is 0 Å². The standard InChI is InChI=1S/C18H22ClN3O2.2ClH/c1-12(22(2)13-7-5-4-6-8-13)11-21-18(23)14-9-15(19)16(20)10-17(14)24-3;;/h4-10,12H,11,20H2,1-3H3,(H,21,23);2*1H. The van der Waals surface area contributed by atoms with Crippen molar-refractivity contribution in [3.05, 3.63) is 53.1 Å². The zero-order valence-corrected chi connectivity index (χ0v) is 17.3. The largest absolute Gasteiger partial charge is 0.496 e. The average Bonchev–Trinajstić information content (AvgIpc) is 2.61. The molecule has 144 valence electrons. The number of nitrogens with zero attached hydrogens (tertiary/aromatic N) is 1. The Morgan fingerprint density at radius 3 is 2.46 bits per heavy atom. The van der Waals surface area contributed by atoms with Crippen LogP contribution in [0.4, 0.5) is 11.4 Å². The van der Waals surface area contributed by atoms with Gasteiger partial charge in [0.05, 0.1) is 23.4 Å². The highest BCUT2D eigenvalue weighted by molar-refractivity contribution is 6.33. The van der Waals surface area contributed by atoms with Crippen LogP contribution < -0.4 is 20.7 Å². The first-order valence-electron chi connectivity index (χ1n) is 7.63. The van der Waals surface area contributed by atoms with Gasteiger partial charge in [-0.3, -0.25) is 4.79 Å². The fourth-order valence-electron chi connectivity index (χ4n) is 2.31. The zero-order chi connectivity index (χ0) is 17.7. The van der Waals surface area contributed by atoms with Crippen molar-refractivity contribution >= 4 is 53.7 Å². The van der Waals surface area contributed by atoms with Gasteiger partial charge < -0.3 is 20.7 Å². The number of nitrogens with two attached hydrogens (primary N) is 1. The predicted octanol–water partition coefficient (Wildman–Crippen LogP) is 4.03. The number of nitrogen functional groups attached to an aromatic ring is 1. The number of hydrogen-bond acceptors (Lipinski definition) is 4. The second-order valence-electron chi connectivity index (χ2n) is 5.58. The van der Waals surface area contributed by atoms with E-state index in [0.29, 0.717) is 28.6 Å². The van der Waals surface area contributed by atoms with E-state index in [1.165, 1.54) is 13.2 Å². The van der Waals surface area contributed by atoms with E-state index in [2.05, 4.69) is 10.2 Å². The zero-order valence-electron chi connectivity index (χ0n) is 14.9. The molecule has 5 nitrogen and oxygen atoms in total. The van der Waals surface area contributed by atoms with Crippen molar-refractivity contribution in [3.63, 3.8) is 0 Å². The number of hydrogen-bond donors (Lipinski definition) is 2. The van der Waals surface area contributed by atoms with E-state index in [9.17, 15) is 4.79 Å². The number of methoxy groups -OCH3 is 1. The normalized spacial score (nSPS) is 10.8. The Balaban J connectivity index is 0.00000312. The van der Waals surface area contributed by atoms with Gasteiger partial charge in [0.25, 0.3) is 5.91 Å². The van der Waals surface area contributed by atoms with Crippen molar-refractivity contribution in [1.82, 2.24) is 5.32 Å². The lowest BCUT2D eigenvalue weighted by Gasteiger charge is -2.27. The molecule has 0 bridgehead atoms. The number of ether oxygens (including phenoxy) is 1. The maximum Gasteiger partial charge on any atom is 0.255 e. The number of likely N-dealkylation sites (N-methyl/N-ethyl adjacent to an activating group) is 1. The first-order valence-corrected chi connectivity index (χ1v) is 8.01. The molecule has 0 aliphatic carbocycles. The monoisotopic (exact) mass is 419 g/mol. The Hall–Kier alpha value is -1.82. The molecular formula is C18H24Cl3N3O2. The molecule has 8 heteroatoms. The third kappa shape index (κ3) is 5.87. The Labute approximate surface area is 171 Å². The summed E-state index contributed by atoms with van der Waals surface area (Å²) in [5, 5.41) is 3.24. The van der Waals surface area contributed by atoms with Crippen LogP contribution in [-0.4, -0.2) is 32.7 Å². The molecule has 0 aromatic heterocycles. The molecule has 0 radical (unpaired) electrons. The van der Waals surface area contributed by atoms with Crippen LogP contribution in [0.15, 0.2) is 42.5 Å². The maximum absolute atomic E-state index is 12.4. The lowest BCUT2D eigenvalue weighted by molar-refractivity contribution is 0.0948. The molecule has 26 heavy (non-hydrogen) atoms. The van der Waals surface area contributed by atoms with Gasteiger partial charge in [0.1, 0.15) is 5.75 Å². The maximum atomic E-state index is 12.4. The third-order valence-electron chi connectivity index (χ3n) is 3.95. The van der Waals surface area contributed by atoms with Gasteiger partial charge in [-0.25, -0.2) is 0 Å². The third-order valence-corrected chi connectivity index (χ3v) is 4.27. The molecule has 0 saturated heterocycles. The van der Waals surface area contributed by atoms with Crippen molar-refractivity contribution in [2.45, 2.75) is 13.0 Å². The van der Waals surface area contributed by atoms with Gasteiger partial charge >= 0.3 is 0 Å². The van der Waals surface area contributed by atoms with Crippen LogP contribution >= 0.6 is 36.4 Å². The van der Waals surface area contributed by atoms with Gasteiger partial charge in [0.15, 0.2) is 0 Å². The summed E-state index contributed by atoms with van der Waals surface area (Å²) in [7, 11) is 3.48. The molecule has 0 aliphatic heterocycles. The summed E-state index contributed by atoms with van der Waals surface area (Å²) in [5.74, 6) is 0.153. The number of nitrogens with one attached hydrogen (secondary N) is 1. The predicted molar refractivity (Wildman–Crippen MR) is 114 cm³/mol. The quantitative estimate of drug-likeness (QED) is 0.692. The van der Waals surface area contributed by atoms with Gasteiger partial charge in [0, 0.05) is 31.4 Å². The van der Waals surface area contributed by atoms with Crippen LogP contribution in [0.5, 0.6) is 5.75 Å². The fourth-order valence-corrected chi connectivity index (χ4v) is 2.47. The van der Waals surface area contributed by atoms with Crippen LogP contribution in [0.1, 0.15) is 17.3 Å². The van der Waals surface area contributed by atoms with E-state index >= 15 is 0 Å². The molecule has 0 aliphatic rings. The molecular weight excluding hydrogens is 397 g/mol. The SMILES string of the molecule is COc1cc(N)c(Cl)cc1C(=O)NCC(C)N(C)c1ccccc1.Cl.Cl. The molecule has 1 unspecified atom stereocenters. The number of halogens is 3. The van der Waals surface area contributed by atoms with Crippen LogP contribution in [-0.2, 0) is 0 Å². The van der Waals surface area contributed by atoms with Gasteiger partial charge in [-0.1, -0.05) is 29.8 Å². The fraction of sp³-hybridized carbons (Fsp3) is 0.278. The molecule has 1 amide bonds. The first kappa shape index (κ1) is 24.2. The van der Waals surface area contributed by atoms with E-state index in [4.69, 9.17) is 22.1 Å². The molecule has 2 aromatic carbocycles. The second-order valence-corrected chi connectivity index (χ2v) is 5.99. The van der Waals surface area contributed by atoms with Crippen LogP contribution in [0.25, 0.3) is 0 Å². The van der Waals surface area contributed by atoms with Gasteiger partial charge in [-0.15, -0.1) is 24.8 Å². The number of benzene rings is 2. The number of para-hydroxylation sites is 1. The van der Waals surface area contributed by atoms with Crippen LogP contribution in [0, 0.1) is 0 Å². The second kappa shape index (κ2) is 11.0. The minimum atomic E-state index is -0.248. The Morgan fingerprint density at radius 2 is 1.88 bits per heavy atom. The summed E-state index contributed by atoms with van der Waals surface area (Å²) in [6, 6.07) is 13.2. The van der Waals surface area contributed by atoms with Gasteiger partial charge in [0.2, 0.25) is 0 Å². The van der Waals surface area contributed by atoms with Crippen molar-refractivity contribution < 1.29 is 9.53 Å². The smallest absolute Gasteiger partial charge is 0.255 e. The van der Waals surface area contributed by atoms with E-state index in [1.807, 2.05) is 44.3 Å². The van der Waals surface area contributed by atoms with Crippen molar-refractivity contribution in [1.29, 1.82) is 0 Å². The van der Waals surface area contributed by atoms with Crippen molar-refractivity contribution in [2.75, 3.05) is 31.3 Å². The summed E-state index contributed by atoms with van der Waals surface area (Å²) in [6.07, 6.45) is 0. The average molecular weight is 421 g/mol. The highest BCUT2D eigenvalue weighted by Crippen LogP contribution is 2.28. The topological polar surface area (TPSA) is 67.6 Å². The highest BCUT2D eigenvalue weighted by Gasteiger charge is 2.17. The van der Waals surface area contributed by atoms with E-state index in [0.717, 1.165) is 5.69 Å². The first-order chi connectivity index (χ1) is 11.4. The Kier molecular flexibility index (Phi) is 10.2. The van der Waals surface area contributed by atoms with E-state index < -0.39 is 0 Å². The minimum absolute atomic E-state index is 0.